The van der Waals surface area contributed by atoms with E-state index in [0.717, 1.165) is 12.8 Å². The SMILES string of the molecule is CC(C)(C)OC(=O)N1CC2CC2CC1CCc1nnc(C(F)(F)F)s1. The Morgan fingerprint density at radius 3 is 2.56 bits per heavy atom. The molecule has 0 radical (unpaired) electrons. The van der Waals surface area contributed by atoms with E-state index in [1.165, 1.54) is 0 Å². The van der Waals surface area contributed by atoms with E-state index in [9.17, 15) is 18.0 Å². The first-order chi connectivity index (χ1) is 11.5. The number of hydrogen-bond donors (Lipinski definition) is 0. The number of nitrogens with zero attached hydrogens (tertiary/aromatic N) is 3. The van der Waals surface area contributed by atoms with E-state index in [2.05, 4.69) is 10.2 Å². The summed E-state index contributed by atoms with van der Waals surface area (Å²) in [5, 5.41) is 6.29. The lowest BCUT2D eigenvalue weighted by Gasteiger charge is -2.36. The highest BCUT2D eigenvalue weighted by Gasteiger charge is 2.47. The van der Waals surface area contributed by atoms with Crippen LogP contribution in [0.15, 0.2) is 0 Å². The molecule has 1 aliphatic heterocycles. The Bertz CT molecular complexity index is 641. The highest BCUT2D eigenvalue weighted by atomic mass is 32.1. The number of hydrogen-bond acceptors (Lipinski definition) is 5. The summed E-state index contributed by atoms with van der Waals surface area (Å²) >= 11 is 0.577. The topological polar surface area (TPSA) is 55.3 Å². The van der Waals surface area contributed by atoms with Crippen molar-refractivity contribution in [3.8, 4) is 0 Å². The molecule has 140 valence electrons. The summed E-state index contributed by atoms with van der Waals surface area (Å²) in [4.78, 5) is 14.2. The molecule has 0 aromatic carbocycles. The van der Waals surface area contributed by atoms with Crippen LogP contribution in [0.1, 0.15) is 50.0 Å². The lowest BCUT2D eigenvalue weighted by molar-refractivity contribution is -0.138. The van der Waals surface area contributed by atoms with E-state index in [4.69, 9.17) is 4.74 Å². The number of halogens is 3. The Kier molecular flexibility index (Phi) is 4.72. The second kappa shape index (κ2) is 6.41. The third kappa shape index (κ3) is 4.62. The maximum absolute atomic E-state index is 12.6. The van der Waals surface area contributed by atoms with Crippen LogP contribution in [0.2, 0.25) is 0 Å². The zero-order chi connectivity index (χ0) is 18.4. The average molecular weight is 377 g/mol. The van der Waals surface area contributed by atoms with Crippen molar-refractivity contribution >= 4 is 17.4 Å². The van der Waals surface area contributed by atoms with Crippen LogP contribution in [-0.2, 0) is 17.3 Å². The van der Waals surface area contributed by atoms with Gasteiger partial charge >= 0.3 is 12.3 Å². The number of aromatic nitrogens is 2. The van der Waals surface area contributed by atoms with Gasteiger partial charge in [0.1, 0.15) is 10.6 Å². The number of piperidine rings is 1. The molecule has 0 N–H and O–H groups in total. The molecular formula is C16H22F3N3O2S. The van der Waals surface area contributed by atoms with Crippen molar-refractivity contribution in [2.75, 3.05) is 6.54 Å². The quantitative estimate of drug-likeness (QED) is 0.795. The molecule has 2 fully saturated rings. The van der Waals surface area contributed by atoms with Gasteiger partial charge in [0.05, 0.1) is 0 Å². The van der Waals surface area contributed by atoms with Gasteiger partial charge in [0.2, 0.25) is 5.01 Å². The van der Waals surface area contributed by atoms with Crippen LogP contribution in [0.4, 0.5) is 18.0 Å². The first kappa shape index (κ1) is 18.4. The number of likely N-dealkylation sites (tertiary alicyclic amines) is 1. The van der Waals surface area contributed by atoms with Crippen LogP contribution < -0.4 is 0 Å². The largest absolute Gasteiger partial charge is 0.445 e. The van der Waals surface area contributed by atoms with Crippen LogP contribution in [0.3, 0.4) is 0 Å². The minimum Gasteiger partial charge on any atom is -0.444 e. The molecule has 3 rings (SSSR count). The van der Waals surface area contributed by atoms with Crippen LogP contribution in [0.5, 0.6) is 0 Å². The summed E-state index contributed by atoms with van der Waals surface area (Å²) in [6.07, 6.45) is -1.83. The molecule has 2 aliphatic rings. The summed E-state index contributed by atoms with van der Waals surface area (Å²) < 4.78 is 43.3. The summed E-state index contributed by atoms with van der Waals surface area (Å²) in [7, 11) is 0. The van der Waals surface area contributed by atoms with Gasteiger partial charge in [-0.25, -0.2) is 4.79 Å². The van der Waals surface area contributed by atoms with Crippen molar-refractivity contribution in [3.05, 3.63) is 10.0 Å². The molecule has 1 aromatic rings. The highest BCUT2D eigenvalue weighted by Crippen LogP contribution is 2.48. The molecular weight excluding hydrogens is 355 g/mol. The van der Waals surface area contributed by atoms with Gasteiger partial charge < -0.3 is 9.64 Å². The van der Waals surface area contributed by atoms with Gasteiger partial charge in [0.25, 0.3) is 0 Å². The van der Waals surface area contributed by atoms with E-state index >= 15 is 0 Å². The second-order valence-corrected chi connectivity index (χ2v) is 8.88. The first-order valence-corrected chi connectivity index (χ1v) is 9.24. The maximum Gasteiger partial charge on any atom is 0.445 e. The zero-order valence-electron chi connectivity index (χ0n) is 14.5. The molecule has 0 bridgehead atoms. The van der Waals surface area contributed by atoms with Crippen molar-refractivity contribution in [1.29, 1.82) is 0 Å². The fourth-order valence-electron chi connectivity index (χ4n) is 3.28. The Labute approximate surface area is 148 Å². The van der Waals surface area contributed by atoms with Crippen molar-refractivity contribution in [2.45, 2.75) is 64.3 Å². The molecule has 3 unspecified atom stereocenters. The standard InChI is InChI=1S/C16H22F3N3O2S/c1-15(2,3)24-14(23)22-8-10-6-9(10)7-11(22)4-5-12-20-21-13(25-12)16(17,18)19/h9-11H,4-8H2,1-3H3. The molecule has 1 amide bonds. The highest BCUT2D eigenvalue weighted by molar-refractivity contribution is 7.11. The van der Waals surface area contributed by atoms with Gasteiger partial charge in [-0.05, 0) is 51.9 Å². The van der Waals surface area contributed by atoms with Crippen molar-refractivity contribution in [2.24, 2.45) is 11.8 Å². The fraction of sp³-hybridized carbons (Fsp3) is 0.812. The van der Waals surface area contributed by atoms with E-state index in [1.54, 1.807) is 4.90 Å². The summed E-state index contributed by atoms with van der Waals surface area (Å²) in [5.74, 6) is 1.17. The van der Waals surface area contributed by atoms with Crippen molar-refractivity contribution in [3.63, 3.8) is 0 Å². The molecule has 1 aliphatic carbocycles. The summed E-state index contributed by atoms with van der Waals surface area (Å²) in [5.41, 5.74) is -0.567. The molecule has 5 nitrogen and oxygen atoms in total. The van der Waals surface area contributed by atoms with Crippen molar-refractivity contribution in [1.82, 2.24) is 15.1 Å². The van der Waals surface area contributed by atoms with Gasteiger partial charge in [-0.2, -0.15) is 13.2 Å². The normalized spacial score (nSPS) is 26.3. The smallest absolute Gasteiger partial charge is 0.444 e. The van der Waals surface area contributed by atoms with Crippen LogP contribution in [0.25, 0.3) is 0 Å². The van der Waals surface area contributed by atoms with Crippen molar-refractivity contribution < 1.29 is 22.7 Å². The number of aryl methyl sites for hydroxylation is 1. The molecule has 1 aromatic heterocycles. The van der Waals surface area contributed by atoms with Crippen LogP contribution in [-0.4, -0.2) is 39.4 Å². The summed E-state index contributed by atoms with van der Waals surface area (Å²) in [6, 6.07) is -0.0168. The third-order valence-electron chi connectivity index (χ3n) is 4.54. The van der Waals surface area contributed by atoms with Gasteiger partial charge in [0, 0.05) is 19.0 Å². The zero-order valence-corrected chi connectivity index (χ0v) is 15.3. The number of fused-ring (bicyclic) bond motifs is 1. The Morgan fingerprint density at radius 2 is 1.96 bits per heavy atom. The fourth-order valence-corrected chi connectivity index (χ4v) is 4.00. The predicted molar refractivity (Wildman–Crippen MR) is 86.2 cm³/mol. The molecule has 1 saturated heterocycles. The maximum atomic E-state index is 12.6. The first-order valence-electron chi connectivity index (χ1n) is 8.42. The van der Waals surface area contributed by atoms with E-state index in [0.29, 0.717) is 47.6 Å². The van der Waals surface area contributed by atoms with Gasteiger partial charge in [-0.15, -0.1) is 10.2 Å². The lowest BCUT2D eigenvalue weighted by atomic mass is 9.98. The van der Waals surface area contributed by atoms with E-state index in [-0.39, 0.29) is 12.1 Å². The second-order valence-electron chi connectivity index (χ2n) is 7.82. The van der Waals surface area contributed by atoms with Gasteiger partial charge in [-0.1, -0.05) is 11.3 Å². The molecule has 2 heterocycles. The Balaban J connectivity index is 1.62. The number of carbonyl (C=O) groups excluding carboxylic acids is 1. The summed E-state index contributed by atoms with van der Waals surface area (Å²) in [6.45, 7) is 6.14. The molecule has 9 heteroatoms. The van der Waals surface area contributed by atoms with Crippen LogP contribution >= 0.6 is 11.3 Å². The lowest BCUT2D eigenvalue weighted by Crippen LogP contribution is -2.47. The molecule has 0 spiro atoms. The van der Waals surface area contributed by atoms with E-state index < -0.39 is 16.8 Å². The van der Waals surface area contributed by atoms with Gasteiger partial charge in [0.15, 0.2) is 0 Å². The Hall–Kier alpha value is -1.38. The molecule has 25 heavy (non-hydrogen) atoms. The number of ether oxygens (including phenoxy) is 1. The number of alkyl halides is 3. The Morgan fingerprint density at radius 1 is 1.24 bits per heavy atom. The minimum atomic E-state index is -4.45. The van der Waals surface area contributed by atoms with E-state index in [1.807, 2.05) is 20.8 Å². The minimum absolute atomic E-state index is 0.0168. The average Bonchev–Trinajstić information content (AvgIpc) is 3.04. The molecule has 1 saturated carbocycles. The third-order valence-corrected chi connectivity index (χ3v) is 5.57. The number of carbonyl (C=O) groups is 1. The predicted octanol–water partition coefficient (Wildman–Crippen LogP) is 4.14. The number of amides is 1. The van der Waals surface area contributed by atoms with Crippen LogP contribution in [0, 0.1) is 11.8 Å². The number of rotatable bonds is 3. The molecule has 3 atom stereocenters. The van der Waals surface area contributed by atoms with Gasteiger partial charge in [-0.3, -0.25) is 0 Å². The monoisotopic (exact) mass is 377 g/mol.